The molecule has 1 aliphatic heterocycles. The Balaban J connectivity index is 1.36. The Labute approximate surface area is 158 Å². The number of benzene rings is 1. The van der Waals surface area contributed by atoms with Crippen molar-refractivity contribution in [1.29, 1.82) is 0 Å². The summed E-state index contributed by atoms with van der Waals surface area (Å²) in [7, 11) is 0. The Morgan fingerprint density at radius 3 is 2.27 bits per heavy atom. The van der Waals surface area contributed by atoms with Crippen molar-refractivity contribution >= 4 is 23.4 Å². The van der Waals surface area contributed by atoms with Gasteiger partial charge in [0.05, 0.1) is 12.4 Å². The first-order valence-corrected chi connectivity index (χ1v) is 9.77. The van der Waals surface area contributed by atoms with Gasteiger partial charge in [0.2, 0.25) is 0 Å². The molecule has 0 atom stereocenters. The molecular formula is C20H21N5S. The van der Waals surface area contributed by atoms with Crippen molar-refractivity contribution in [2.45, 2.75) is 10.8 Å². The van der Waals surface area contributed by atoms with Gasteiger partial charge in [0.1, 0.15) is 16.7 Å². The number of anilines is 2. The van der Waals surface area contributed by atoms with Crippen LogP contribution in [0.5, 0.6) is 0 Å². The van der Waals surface area contributed by atoms with Gasteiger partial charge in [-0.1, -0.05) is 36.4 Å². The SMILES string of the molecule is c1ccc(CSc2cncc(N3CCN(c4ccccn4)CC3)n2)cc1. The second-order valence-corrected chi connectivity index (χ2v) is 7.15. The van der Waals surface area contributed by atoms with E-state index in [2.05, 4.69) is 50.1 Å². The predicted molar refractivity (Wildman–Crippen MR) is 107 cm³/mol. The average molecular weight is 363 g/mol. The minimum absolute atomic E-state index is 0.909. The van der Waals surface area contributed by atoms with Crippen LogP contribution in [0.25, 0.3) is 0 Å². The van der Waals surface area contributed by atoms with Gasteiger partial charge in [-0.05, 0) is 17.7 Å². The maximum atomic E-state index is 4.80. The number of rotatable bonds is 5. The van der Waals surface area contributed by atoms with Gasteiger partial charge in [0.15, 0.2) is 0 Å². The van der Waals surface area contributed by atoms with Crippen LogP contribution in [0.3, 0.4) is 0 Å². The Morgan fingerprint density at radius 1 is 0.808 bits per heavy atom. The molecule has 0 aliphatic carbocycles. The molecule has 1 fully saturated rings. The van der Waals surface area contributed by atoms with E-state index in [9.17, 15) is 0 Å². The Kier molecular flexibility index (Phi) is 5.30. The molecule has 3 heterocycles. The summed E-state index contributed by atoms with van der Waals surface area (Å²) in [6.07, 6.45) is 5.56. The molecule has 0 N–H and O–H groups in total. The minimum Gasteiger partial charge on any atom is -0.353 e. The van der Waals surface area contributed by atoms with Gasteiger partial charge in [-0.3, -0.25) is 4.98 Å². The molecule has 5 nitrogen and oxygen atoms in total. The maximum absolute atomic E-state index is 4.80. The van der Waals surface area contributed by atoms with Crippen molar-refractivity contribution in [2.24, 2.45) is 0 Å². The lowest BCUT2D eigenvalue weighted by Gasteiger charge is -2.35. The standard InChI is InChI=1S/C20H21N5S/c1-2-6-17(7-3-1)16-26-20-15-21-14-19(23-20)25-12-10-24(11-13-25)18-8-4-5-9-22-18/h1-9,14-15H,10-13,16H2. The van der Waals surface area contributed by atoms with Gasteiger partial charge < -0.3 is 9.80 Å². The number of piperazine rings is 1. The number of hydrogen-bond donors (Lipinski definition) is 0. The van der Waals surface area contributed by atoms with Gasteiger partial charge in [-0.2, -0.15) is 0 Å². The topological polar surface area (TPSA) is 45.2 Å². The summed E-state index contributed by atoms with van der Waals surface area (Å²) in [5.74, 6) is 2.92. The van der Waals surface area contributed by atoms with Gasteiger partial charge >= 0.3 is 0 Å². The highest BCUT2D eigenvalue weighted by atomic mass is 32.2. The van der Waals surface area contributed by atoms with E-state index in [1.165, 1.54) is 5.56 Å². The van der Waals surface area contributed by atoms with Crippen molar-refractivity contribution in [2.75, 3.05) is 36.0 Å². The summed E-state index contributed by atoms with van der Waals surface area (Å²) in [5.41, 5.74) is 1.30. The summed E-state index contributed by atoms with van der Waals surface area (Å²) in [5, 5.41) is 0.971. The fraction of sp³-hybridized carbons (Fsp3) is 0.250. The minimum atomic E-state index is 0.909. The number of hydrogen-bond acceptors (Lipinski definition) is 6. The molecule has 0 unspecified atom stereocenters. The smallest absolute Gasteiger partial charge is 0.148 e. The van der Waals surface area contributed by atoms with Crippen LogP contribution in [0, 0.1) is 0 Å². The summed E-state index contributed by atoms with van der Waals surface area (Å²) < 4.78 is 0. The molecule has 26 heavy (non-hydrogen) atoms. The van der Waals surface area contributed by atoms with E-state index in [0.717, 1.165) is 48.6 Å². The van der Waals surface area contributed by atoms with E-state index < -0.39 is 0 Å². The van der Waals surface area contributed by atoms with Crippen LogP contribution in [0.15, 0.2) is 72.1 Å². The van der Waals surface area contributed by atoms with Crippen molar-refractivity contribution in [1.82, 2.24) is 15.0 Å². The van der Waals surface area contributed by atoms with E-state index in [4.69, 9.17) is 4.98 Å². The van der Waals surface area contributed by atoms with Gasteiger partial charge in [-0.25, -0.2) is 9.97 Å². The van der Waals surface area contributed by atoms with Crippen molar-refractivity contribution in [3.05, 3.63) is 72.7 Å². The number of thioether (sulfide) groups is 1. The zero-order valence-corrected chi connectivity index (χ0v) is 15.3. The molecule has 3 aromatic rings. The van der Waals surface area contributed by atoms with Crippen LogP contribution in [0.4, 0.5) is 11.6 Å². The largest absolute Gasteiger partial charge is 0.353 e. The first-order chi connectivity index (χ1) is 12.9. The van der Waals surface area contributed by atoms with E-state index in [1.807, 2.05) is 36.8 Å². The second kappa shape index (κ2) is 8.19. The Hall–Kier alpha value is -2.60. The lowest BCUT2D eigenvalue weighted by molar-refractivity contribution is 0.638. The van der Waals surface area contributed by atoms with Crippen molar-refractivity contribution < 1.29 is 0 Å². The maximum Gasteiger partial charge on any atom is 0.148 e. The molecule has 4 rings (SSSR count). The normalized spacial score (nSPS) is 14.5. The summed E-state index contributed by atoms with van der Waals surface area (Å²) in [6, 6.07) is 16.5. The summed E-state index contributed by atoms with van der Waals surface area (Å²) in [6.45, 7) is 3.75. The van der Waals surface area contributed by atoms with Gasteiger partial charge in [0, 0.05) is 38.1 Å². The van der Waals surface area contributed by atoms with E-state index in [-0.39, 0.29) is 0 Å². The van der Waals surface area contributed by atoms with Gasteiger partial charge in [0.25, 0.3) is 0 Å². The molecule has 1 aliphatic rings. The molecule has 6 heteroatoms. The monoisotopic (exact) mass is 363 g/mol. The van der Waals surface area contributed by atoms with E-state index >= 15 is 0 Å². The molecule has 0 saturated carbocycles. The third-order valence-electron chi connectivity index (χ3n) is 4.41. The van der Waals surface area contributed by atoms with Crippen LogP contribution in [-0.2, 0) is 5.75 Å². The molecule has 0 amide bonds. The first kappa shape index (κ1) is 16.8. The molecule has 132 valence electrons. The average Bonchev–Trinajstić information content (AvgIpc) is 2.74. The van der Waals surface area contributed by atoms with E-state index in [1.54, 1.807) is 11.8 Å². The molecule has 0 bridgehead atoms. The molecule has 0 spiro atoms. The highest BCUT2D eigenvalue weighted by Gasteiger charge is 2.19. The quantitative estimate of drug-likeness (QED) is 0.647. The van der Waals surface area contributed by atoms with Crippen LogP contribution >= 0.6 is 11.8 Å². The van der Waals surface area contributed by atoms with Crippen molar-refractivity contribution in [3.8, 4) is 0 Å². The Bertz CT molecular complexity index is 820. The number of nitrogens with zero attached hydrogens (tertiary/aromatic N) is 5. The fourth-order valence-corrected chi connectivity index (χ4v) is 3.80. The highest BCUT2D eigenvalue weighted by molar-refractivity contribution is 7.98. The lowest BCUT2D eigenvalue weighted by Crippen LogP contribution is -2.47. The molecule has 2 aromatic heterocycles. The second-order valence-electron chi connectivity index (χ2n) is 6.15. The number of pyridine rings is 1. The molecule has 1 saturated heterocycles. The fourth-order valence-electron chi connectivity index (χ4n) is 3.00. The first-order valence-electron chi connectivity index (χ1n) is 8.78. The van der Waals surface area contributed by atoms with Crippen molar-refractivity contribution in [3.63, 3.8) is 0 Å². The molecular weight excluding hydrogens is 342 g/mol. The molecule has 0 radical (unpaired) electrons. The zero-order chi connectivity index (χ0) is 17.6. The van der Waals surface area contributed by atoms with Crippen LogP contribution in [0.1, 0.15) is 5.56 Å². The third-order valence-corrected chi connectivity index (χ3v) is 5.38. The zero-order valence-electron chi connectivity index (χ0n) is 14.5. The highest BCUT2D eigenvalue weighted by Crippen LogP contribution is 2.23. The lowest BCUT2D eigenvalue weighted by atomic mass is 10.2. The predicted octanol–water partition coefficient (Wildman–Crippen LogP) is 3.49. The number of aromatic nitrogens is 3. The van der Waals surface area contributed by atoms with E-state index in [0.29, 0.717) is 0 Å². The summed E-state index contributed by atoms with van der Waals surface area (Å²) in [4.78, 5) is 18.3. The summed E-state index contributed by atoms with van der Waals surface area (Å²) >= 11 is 1.73. The molecule has 1 aromatic carbocycles. The third kappa shape index (κ3) is 4.14. The van der Waals surface area contributed by atoms with Crippen LogP contribution in [0.2, 0.25) is 0 Å². The van der Waals surface area contributed by atoms with Gasteiger partial charge in [-0.15, -0.1) is 11.8 Å². The van der Waals surface area contributed by atoms with Crippen LogP contribution in [-0.4, -0.2) is 41.1 Å². The van der Waals surface area contributed by atoms with Crippen LogP contribution < -0.4 is 9.80 Å². The Morgan fingerprint density at radius 2 is 1.54 bits per heavy atom.